The molecule has 2 heterocycles. The van der Waals surface area contributed by atoms with Gasteiger partial charge >= 0.3 is 0 Å². The minimum atomic E-state index is -0.548. The smallest absolute Gasteiger partial charge is 0.226 e. The summed E-state index contributed by atoms with van der Waals surface area (Å²) in [4.78, 5) is 16.0. The number of benzene rings is 1. The van der Waals surface area contributed by atoms with Crippen LogP contribution >= 0.6 is 0 Å². The van der Waals surface area contributed by atoms with Crippen LogP contribution in [0.3, 0.4) is 0 Å². The van der Waals surface area contributed by atoms with Crippen LogP contribution < -0.4 is 5.73 Å². The van der Waals surface area contributed by atoms with Crippen LogP contribution in [0.2, 0.25) is 0 Å². The van der Waals surface area contributed by atoms with E-state index in [-0.39, 0.29) is 0 Å². The summed E-state index contributed by atoms with van der Waals surface area (Å²) >= 11 is 0. The van der Waals surface area contributed by atoms with Gasteiger partial charge in [0.25, 0.3) is 0 Å². The van der Waals surface area contributed by atoms with Gasteiger partial charge in [0.15, 0.2) is 0 Å². The molecule has 1 atom stereocenters. The number of carbonyl (C=O) groups is 1. The Labute approximate surface area is 149 Å². The predicted molar refractivity (Wildman–Crippen MR) is 93.4 cm³/mol. The molecule has 3 aromatic rings. The molecule has 26 heavy (non-hydrogen) atoms. The number of hydrogen-bond donors (Lipinski definition) is 1. The van der Waals surface area contributed by atoms with Crippen molar-refractivity contribution in [1.29, 1.82) is 5.26 Å². The van der Waals surface area contributed by atoms with Crippen LogP contribution in [0, 0.1) is 23.7 Å². The Morgan fingerprint density at radius 3 is 3.00 bits per heavy atom. The number of fused-ring (bicyclic) bond motifs is 3. The monoisotopic (exact) mass is 346 g/mol. The molecule has 0 saturated heterocycles. The molecule has 128 valence electrons. The Kier molecular flexibility index (Phi) is 3.92. The minimum absolute atomic E-state index is 0.319. The van der Waals surface area contributed by atoms with Gasteiger partial charge in [-0.2, -0.15) is 9.65 Å². The summed E-state index contributed by atoms with van der Waals surface area (Å²) < 4.78 is 15.5. The molecular formula is C20H15FN4O. The fourth-order valence-corrected chi connectivity index (χ4v) is 3.64. The highest BCUT2D eigenvalue weighted by Gasteiger charge is 2.31. The SMILES string of the molecule is N#Cc1ccc2c(c1)c1c(n2Cc2cccc(F)n2)C(C(N)=O)C[C]C1. The number of nitrogens with two attached hydrogens (primary N) is 1. The second-order valence-corrected chi connectivity index (χ2v) is 6.33. The van der Waals surface area contributed by atoms with Crippen LogP contribution in [0.15, 0.2) is 36.4 Å². The van der Waals surface area contributed by atoms with Gasteiger partial charge in [-0.15, -0.1) is 0 Å². The number of primary amides is 1. The van der Waals surface area contributed by atoms with E-state index >= 15 is 0 Å². The number of rotatable bonds is 3. The van der Waals surface area contributed by atoms with E-state index in [1.807, 2.05) is 16.7 Å². The normalized spacial score (nSPS) is 16.2. The van der Waals surface area contributed by atoms with Crippen molar-refractivity contribution in [2.75, 3.05) is 0 Å². The number of pyridine rings is 1. The van der Waals surface area contributed by atoms with Gasteiger partial charge in [-0.1, -0.05) is 6.07 Å². The van der Waals surface area contributed by atoms with Crippen molar-refractivity contribution in [2.24, 2.45) is 5.73 Å². The maximum atomic E-state index is 13.5. The molecule has 0 bridgehead atoms. The third-order valence-corrected chi connectivity index (χ3v) is 4.76. The molecule has 0 aliphatic heterocycles. The van der Waals surface area contributed by atoms with Gasteiger partial charge in [-0.05, 0) is 55.2 Å². The standard InChI is InChI=1S/C20H15FN4O/c21-18-6-1-3-13(24-18)11-25-17-8-7-12(10-22)9-16(17)14-4-2-5-15(19(14)25)20(23)26/h1,3,6-9,15H,4-5,11H2,(H2,23,26). The van der Waals surface area contributed by atoms with E-state index in [0.29, 0.717) is 30.6 Å². The van der Waals surface area contributed by atoms with Crippen LogP contribution in [0.4, 0.5) is 4.39 Å². The summed E-state index contributed by atoms with van der Waals surface area (Å²) in [7, 11) is 0. The van der Waals surface area contributed by atoms with Gasteiger partial charge in [-0.3, -0.25) is 4.79 Å². The fourth-order valence-electron chi connectivity index (χ4n) is 3.64. The average molecular weight is 346 g/mol. The van der Waals surface area contributed by atoms with E-state index in [4.69, 9.17) is 5.73 Å². The molecule has 6 heteroatoms. The molecule has 1 aromatic carbocycles. The van der Waals surface area contributed by atoms with Crippen LogP contribution in [0.25, 0.3) is 10.9 Å². The molecule has 1 aliphatic carbocycles. The first-order valence-electron chi connectivity index (χ1n) is 8.25. The van der Waals surface area contributed by atoms with Gasteiger partial charge in [0.05, 0.1) is 29.8 Å². The number of nitrogens with zero attached hydrogens (tertiary/aromatic N) is 3. The lowest BCUT2D eigenvalue weighted by atomic mass is 9.86. The Bertz CT molecular complexity index is 1060. The molecule has 0 spiro atoms. The molecule has 2 radical (unpaired) electrons. The largest absolute Gasteiger partial charge is 0.369 e. The van der Waals surface area contributed by atoms with Gasteiger partial charge in [0.2, 0.25) is 11.9 Å². The van der Waals surface area contributed by atoms with Crippen molar-refractivity contribution in [1.82, 2.24) is 9.55 Å². The predicted octanol–water partition coefficient (Wildman–Crippen LogP) is 2.69. The zero-order chi connectivity index (χ0) is 18.3. The first kappa shape index (κ1) is 16.3. The first-order chi connectivity index (χ1) is 12.6. The lowest BCUT2D eigenvalue weighted by molar-refractivity contribution is -0.119. The topological polar surface area (TPSA) is 84.7 Å². The summed E-state index contributed by atoms with van der Waals surface area (Å²) in [6.07, 6.45) is 4.24. The molecule has 1 unspecified atom stereocenters. The maximum Gasteiger partial charge on any atom is 0.226 e. The molecule has 4 rings (SSSR count). The summed E-state index contributed by atoms with van der Waals surface area (Å²) in [5.74, 6) is -1.46. The Morgan fingerprint density at radius 1 is 1.42 bits per heavy atom. The van der Waals surface area contributed by atoms with Gasteiger partial charge in [0, 0.05) is 16.6 Å². The summed E-state index contributed by atoms with van der Waals surface area (Å²) in [5.41, 5.74) is 9.35. The van der Waals surface area contributed by atoms with E-state index in [1.165, 1.54) is 6.07 Å². The number of hydrogen-bond acceptors (Lipinski definition) is 3. The Balaban J connectivity index is 1.96. The van der Waals surface area contributed by atoms with Crippen molar-refractivity contribution < 1.29 is 9.18 Å². The molecule has 2 aromatic heterocycles. The highest BCUT2D eigenvalue weighted by Crippen LogP contribution is 2.38. The molecule has 0 saturated carbocycles. The number of amides is 1. The minimum Gasteiger partial charge on any atom is -0.369 e. The average Bonchev–Trinajstić information content (AvgIpc) is 2.95. The van der Waals surface area contributed by atoms with Crippen LogP contribution in [-0.2, 0) is 17.8 Å². The second-order valence-electron chi connectivity index (χ2n) is 6.33. The van der Waals surface area contributed by atoms with Gasteiger partial charge in [-0.25, -0.2) is 4.98 Å². The molecule has 2 N–H and O–H groups in total. The van der Waals surface area contributed by atoms with Crippen LogP contribution in [0.5, 0.6) is 0 Å². The molecule has 1 amide bonds. The number of halogens is 1. The van der Waals surface area contributed by atoms with Crippen LogP contribution in [-0.4, -0.2) is 15.5 Å². The van der Waals surface area contributed by atoms with E-state index in [0.717, 1.165) is 22.2 Å². The van der Waals surface area contributed by atoms with E-state index < -0.39 is 17.8 Å². The summed E-state index contributed by atoms with van der Waals surface area (Å²) in [6, 6.07) is 12.2. The Hall–Kier alpha value is -3.20. The lowest BCUT2D eigenvalue weighted by Gasteiger charge is -2.23. The summed E-state index contributed by atoms with van der Waals surface area (Å²) in [5, 5.41) is 10.1. The second kappa shape index (κ2) is 6.26. The number of nitriles is 1. The van der Waals surface area contributed by atoms with E-state index in [2.05, 4.69) is 17.5 Å². The maximum absolute atomic E-state index is 13.5. The third kappa shape index (κ3) is 2.62. The van der Waals surface area contributed by atoms with Crippen molar-refractivity contribution in [2.45, 2.75) is 25.3 Å². The van der Waals surface area contributed by atoms with E-state index in [9.17, 15) is 14.4 Å². The fraction of sp³-hybridized carbons (Fsp3) is 0.200. The van der Waals surface area contributed by atoms with Crippen molar-refractivity contribution in [3.63, 3.8) is 0 Å². The van der Waals surface area contributed by atoms with Gasteiger partial charge < -0.3 is 10.3 Å². The molecule has 1 aliphatic rings. The lowest BCUT2D eigenvalue weighted by Crippen LogP contribution is -2.27. The molecule has 5 nitrogen and oxygen atoms in total. The Morgan fingerprint density at radius 2 is 2.27 bits per heavy atom. The van der Waals surface area contributed by atoms with Gasteiger partial charge in [0.1, 0.15) is 0 Å². The quantitative estimate of drug-likeness (QED) is 0.740. The number of aromatic nitrogens is 2. The third-order valence-electron chi connectivity index (χ3n) is 4.76. The molecule has 0 fully saturated rings. The van der Waals surface area contributed by atoms with Crippen LogP contribution in [0.1, 0.15) is 34.9 Å². The highest BCUT2D eigenvalue weighted by molar-refractivity contribution is 5.91. The van der Waals surface area contributed by atoms with E-state index in [1.54, 1.807) is 18.2 Å². The highest BCUT2D eigenvalue weighted by atomic mass is 19.1. The first-order valence-corrected chi connectivity index (χ1v) is 8.25. The van der Waals surface area contributed by atoms with Crippen molar-refractivity contribution in [3.8, 4) is 6.07 Å². The summed E-state index contributed by atoms with van der Waals surface area (Å²) in [6.45, 7) is 0.319. The molecular weight excluding hydrogens is 331 g/mol. The zero-order valence-electron chi connectivity index (χ0n) is 13.9. The zero-order valence-corrected chi connectivity index (χ0v) is 13.9. The number of carbonyl (C=O) groups excluding carboxylic acids is 1. The van der Waals surface area contributed by atoms with Crippen molar-refractivity contribution >= 4 is 16.8 Å². The van der Waals surface area contributed by atoms with Crippen molar-refractivity contribution in [3.05, 3.63) is 71.3 Å².